The first-order chi connectivity index (χ1) is 11.8. The Bertz CT molecular complexity index is 670. The van der Waals surface area contributed by atoms with Gasteiger partial charge in [-0.25, -0.2) is 8.42 Å². The van der Waals surface area contributed by atoms with E-state index in [1.165, 1.54) is 0 Å². The van der Waals surface area contributed by atoms with Crippen molar-refractivity contribution in [2.75, 3.05) is 32.3 Å². The fraction of sp³-hybridized carbons (Fsp3) is 0.611. The molecule has 1 atom stereocenters. The Morgan fingerprint density at radius 2 is 1.80 bits per heavy atom. The largest absolute Gasteiger partial charge is 0.497 e. The SMILES string of the molecule is COc1ccc(C(C)CC(=O)NCC2(OC)CCS(=O)(=O)CC2)cc1. The average Bonchev–Trinajstić information content (AvgIpc) is 2.61. The lowest BCUT2D eigenvalue weighted by molar-refractivity contribution is -0.123. The number of carbonyl (C=O) groups excluding carboxylic acids is 1. The van der Waals surface area contributed by atoms with Crippen molar-refractivity contribution in [3.63, 3.8) is 0 Å². The van der Waals surface area contributed by atoms with Crippen molar-refractivity contribution in [2.24, 2.45) is 0 Å². The molecule has 1 aromatic rings. The molecule has 0 aromatic heterocycles. The van der Waals surface area contributed by atoms with Gasteiger partial charge in [0.05, 0.1) is 24.2 Å². The molecule has 1 aliphatic rings. The van der Waals surface area contributed by atoms with Crippen LogP contribution in [-0.4, -0.2) is 52.2 Å². The van der Waals surface area contributed by atoms with Gasteiger partial charge in [-0.05, 0) is 36.5 Å². The summed E-state index contributed by atoms with van der Waals surface area (Å²) in [6.07, 6.45) is 1.20. The molecule has 1 aromatic carbocycles. The minimum absolute atomic E-state index is 0.0619. The molecule has 0 spiro atoms. The molecule has 1 unspecified atom stereocenters. The molecule has 1 fully saturated rings. The van der Waals surface area contributed by atoms with E-state index >= 15 is 0 Å². The van der Waals surface area contributed by atoms with Crippen LogP contribution in [0.25, 0.3) is 0 Å². The van der Waals surface area contributed by atoms with E-state index < -0.39 is 15.4 Å². The van der Waals surface area contributed by atoms with Crippen LogP contribution in [0.2, 0.25) is 0 Å². The summed E-state index contributed by atoms with van der Waals surface area (Å²) in [4.78, 5) is 12.3. The van der Waals surface area contributed by atoms with E-state index in [-0.39, 0.29) is 23.3 Å². The molecule has 7 heteroatoms. The fourth-order valence-corrected chi connectivity index (χ4v) is 4.59. The van der Waals surface area contributed by atoms with Gasteiger partial charge in [0.25, 0.3) is 0 Å². The molecule has 1 amide bonds. The lowest BCUT2D eigenvalue weighted by Crippen LogP contribution is -2.49. The van der Waals surface area contributed by atoms with E-state index in [0.29, 0.717) is 25.8 Å². The number of benzene rings is 1. The monoisotopic (exact) mass is 369 g/mol. The molecule has 6 nitrogen and oxygen atoms in total. The van der Waals surface area contributed by atoms with Crippen LogP contribution in [0.15, 0.2) is 24.3 Å². The summed E-state index contributed by atoms with van der Waals surface area (Å²) >= 11 is 0. The van der Waals surface area contributed by atoms with Crippen LogP contribution < -0.4 is 10.1 Å². The van der Waals surface area contributed by atoms with E-state index in [0.717, 1.165) is 11.3 Å². The van der Waals surface area contributed by atoms with Crippen LogP contribution in [0.4, 0.5) is 0 Å². The van der Waals surface area contributed by atoms with Gasteiger partial charge in [0.15, 0.2) is 9.84 Å². The minimum Gasteiger partial charge on any atom is -0.497 e. The van der Waals surface area contributed by atoms with E-state index in [2.05, 4.69) is 5.32 Å². The summed E-state index contributed by atoms with van der Waals surface area (Å²) in [5.74, 6) is 1.02. The van der Waals surface area contributed by atoms with Crippen molar-refractivity contribution in [3.05, 3.63) is 29.8 Å². The van der Waals surface area contributed by atoms with Gasteiger partial charge in [0, 0.05) is 20.1 Å². The van der Waals surface area contributed by atoms with E-state index in [1.807, 2.05) is 31.2 Å². The van der Waals surface area contributed by atoms with Gasteiger partial charge in [-0.1, -0.05) is 19.1 Å². The van der Waals surface area contributed by atoms with Crippen molar-refractivity contribution in [1.82, 2.24) is 5.32 Å². The van der Waals surface area contributed by atoms with Crippen molar-refractivity contribution in [1.29, 1.82) is 0 Å². The van der Waals surface area contributed by atoms with E-state index in [4.69, 9.17) is 9.47 Å². The van der Waals surface area contributed by atoms with Gasteiger partial charge >= 0.3 is 0 Å². The summed E-state index contributed by atoms with van der Waals surface area (Å²) in [7, 11) is 0.226. The van der Waals surface area contributed by atoms with Crippen molar-refractivity contribution >= 4 is 15.7 Å². The van der Waals surface area contributed by atoms with E-state index in [1.54, 1.807) is 14.2 Å². The Balaban J connectivity index is 1.86. The number of sulfone groups is 1. The molecule has 0 aliphatic carbocycles. The highest BCUT2D eigenvalue weighted by molar-refractivity contribution is 7.91. The summed E-state index contributed by atoms with van der Waals surface area (Å²) in [6.45, 7) is 2.34. The predicted octanol–water partition coefficient (Wildman–Crippen LogP) is 1.90. The molecule has 1 saturated heterocycles. The molecule has 0 bridgehead atoms. The molecule has 1 heterocycles. The van der Waals surface area contributed by atoms with Gasteiger partial charge in [0.2, 0.25) is 5.91 Å². The first kappa shape index (κ1) is 19.7. The summed E-state index contributed by atoms with van der Waals surface area (Å²) in [6, 6.07) is 7.68. The second-order valence-corrected chi connectivity index (χ2v) is 9.00. The van der Waals surface area contributed by atoms with Gasteiger partial charge in [0.1, 0.15) is 5.75 Å². The maximum Gasteiger partial charge on any atom is 0.220 e. The zero-order valence-electron chi connectivity index (χ0n) is 15.1. The number of hydrogen-bond donors (Lipinski definition) is 1. The Labute approximate surface area is 149 Å². The second-order valence-electron chi connectivity index (χ2n) is 6.69. The van der Waals surface area contributed by atoms with Gasteiger partial charge < -0.3 is 14.8 Å². The lowest BCUT2D eigenvalue weighted by atomic mass is 9.95. The van der Waals surface area contributed by atoms with Crippen molar-refractivity contribution < 1.29 is 22.7 Å². The minimum atomic E-state index is -2.97. The Kier molecular flexibility index (Phi) is 6.46. The number of hydrogen-bond acceptors (Lipinski definition) is 5. The highest BCUT2D eigenvalue weighted by atomic mass is 32.2. The standard InChI is InChI=1S/C18H27NO5S/c1-14(15-4-6-16(23-2)7-5-15)12-17(20)19-13-18(24-3)8-10-25(21,22)11-9-18/h4-7,14H,8-13H2,1-3H3,(H,19,20). The van der Waals surface area contributed by atoms with Crippen LogP contribution in [0, 0.1) is 0 Å². The predicted molar refractivity (Wildman–Crippen MR) is 96.7 cm³/mol. The topological polar surface area (TPSA) is 81.7 Å². The Hall–Kier alpha value is -1.60. The third kappa shape index (κ3) is 5.44. The number of rotatable bonds is 7. The van der Waals surface area contributed by atoms with E-state index in [9.17, 15) is 13.2 Å². The van der Waals surface area contributed by atoms with Crippen LogP contribution in [0.5, 0.6) is 5.75 Å². The molecule has 140 valence electrons. The van der Waals surface area contributed by atoms with Crippen molar-refractivity contribution in [2.45, 2.75) is 37.7 Å². The Morgan fingerprint density at radius 3 is 2.32 bits per heavy atom. The molecule has 1 N–H and O–H groups in total. The maximum atomic E-state index is 12.3. The molecular weight excluding hydrogens is 342 g/mol. The first-order valence-corrected chi connectivity index (χ1v) is 10.3. The maximum absolute atomic E-state index is 12.3. The molecule has 2 rings (SSSR count). The highest BCUT2D eigenvalue weighted by Gasteiger charge is 2.37. The number of amides is 1. The molecular formula is C18H27NO5S. The van der Waals surface area contributed by atoms with Crippen LogP contribution in [-0.2, 0) is 19.4 Å². The molecule has 0 radical (unpaired) electrons. The molecule has 0 saturated carbocycles. The number of ether oxygens (including phenoxy) is 2. The summed E-state index contributed by atoms with van der Waals surface area (Å²) in [5, 5.41) is 2.91. The quantitative estimate of drug-likeness (QED) is 0.794. The first-order valence-electron chi connectivity index (χ1n) is 8.45. The van der Waals surface area contributed by atoms with Gasteiger partial charge in [-0.15, -0.1) is 0 Å². The lowest BCUT2D eigenvalue weighted by Gasteiger charge is -2.35. The molecule has 1 aliphatic heterocycles. The third-order valence-electron chi connectivity index (χ3n) is 4.95. The van der Waals surface area contributed by atoms with Crippen LogP contribution in [0.3, 0.4) is 0 Å². The number of nitrogens with one attached hydrogen (secondary N) is 1. The van der Waals surface area contributed by atoms with Gasteiger partial charge in [-0.2, -0.15) is 0 Å². The third-order valence-corrected chi connectivity index (χ3v) is 6.61. The van der Waals surface area contributed by atoms with Crippen LogP contribution in [0.1, 0.15) is 37.7 Å². The number of methoxy groups -OCH3 is 2. The normalized spacial score (nSPS) is 19.8. The van der Waals surface area contributed by atoms with Crippen LogP contribution >= 0.6 is 0 Å². The Morgan fingerprint density at radius 1 is 1.20 bits per heavy atom. The zero-order valence-corrected chi connectivity index (χ0v) is 15.9. The van der Waals surface area contributed by atoms with Gasteiger partial charge in [-0.3, -0.25) is 4.79 Å². The highest BCUT2D eigenvalue weighted by Crippen LogP contribution is 2.27. The fourth-order valence-electron chi connectivity index (χ4n) is 3.02. The van der Waals surface area contributed by atoms with Crippen molar-refractivity contribution in [3.8, 4) is 5.75 Å². The average molecular weight is 369 g/mol. The zero-order chi connectivity index (χ0) is 18.5. The smallest absolute Gasteiger partial charge is 0.220 e. The summed E-state index contributed by atoms with van der Waals surface area (Å²) < 4.78 is 33.9. The molecule has 25 heavy (non-hydrogen) atoms. The summed E-state index contributed by atoms with van der Waals surface area (Å²) in [5.41, 5.74) is 0.491. The second kappa shape index (κ2) is 8.19. The number of carbonyl (C=O) groups is 1.